The molecule has 5 nitrogen and oxygen atoms in total. The topological polar surface area (TPSA) is 58.1 Å². The Morgan fingerprint density at radius 2 is 2.04 bits per heavy atom. The van der Waals surface area contributed by atoms with E-state index in [-0.39, 0.29) is 5.91 Å². The minimum absolute atomic E-state index is 0.0960. The van der Waals surface area contributed by atoms with E-state index in [2.05, 4.69) is 27.6 Å². The Bertz CT molecular complexity index is 688. The average molecular weight is 351 g/mol. The van der Waals surface area contributed by atoms with Crippen molar-refractivity contribution in [3.8, 4) is 10.6 Å². The van der Waals surface area contributed by atoms with Crippen molar-refractivity contribution in [2.24, 2.45) is 0 Å². The van der Waals surface area contributed by atoms with Gasteiger partial charge < -0.3 is 10.2 Å². The van der Waals surface area contributed by atoms with Crippen LogP contribution in [-0.4, -0.2) is 29.0 Å². The molecule has 0 aliphatic heterocycles. The van der Waals surface area contributed by atoms with Crippen molar-refractivity contribution in [3.05, 3.63) is 11.1 Å². The van der Waals surface area contributed by atoms with Crippen LogP contribution >= 0.6 is 22.7 Å². The van der Waals surface area contributed by atoms with Gasteiger partial charge in [-0.15, -0.1) is 11.3 Å². The molecule has 1 aliphatic carbocycles. The van der Waals surface area contributed by atoms with Crippen LogP contribution in [0, 0.1) is 6.92 Å². The fraction of sp³-hybridized carbons (Fsp3) is 0.562. The molecule has 23 heavy (non-hydrogen) atoms. The third-order valence-corrected chi connectivity index (χ3v) is 6.25. The molecule has 0 radical (unpaired) electrons. The number of rotatable bonds is 4. The van der Waals surface area contributed by atoms with Crippen LogP contribution in [0.2, 0.25) is 0 Å². The summed E-state index contributed by atoms with van der Waals surface area (Å²) in [7, 11) is 2.15. The summed E-state index contributed by atoms with van der Waals surface area (Å²) in [5.74, 6) is -0.0960. The summed E-state index contributed by atoms with van der Waals surface area (Å²) < 4.78 is 0. The fourth-order valence-corrected chi connectivity index (χ4v) is 4.89. The van der Waals surface area contributed by atoms with E-state index in [0.29, 0.717) is 11.2 Å². The van der Waals surface area contributed by atoms with Gasteiger partial charge in [0.1, 0.15) is 0 Å². The zero-order valence-electron chi connectivity index (χ0n) is 13.8. The summed E-state index contributed by atoms with van der Waals surface area (Å²) >= 11 is 3.17. The summed E-state index contributed by atoms with van der Waals surface area (Å²) in [5, 5.41) is 6.55. The van der Waals surface area contributed by atoms with Gasteiger partial charge in [0.2, 0.25) is 5.91 Å². The first-order valence-corrected chi connectivity index (χ1v) is 9.68. The predicted molar refractivity (Wildman–Crippen MR) is 97.5 cm³/mol. The van der Waals surface area contributed by atoms with Gasteiger partial charge in [0, 0.05) is 25.4 Å². The second-order valence-electron chi connectivity index (χ2n) is 6.03. The largest absolute Gasteiger partial charge is 0.348 e. The molecule has 0 spiro atoms. The molecule has 0 unspecified atom stereocenters. The molecule has 2 aromatic heterocycles. The third kappa shape index (κ3) is 3.72. The quantitative estimate of drug-likeness (QED) is 0.893. The maximum Gasteiger partial charge on any atom is 0.223 e. The number of aromatic nitrogens is 2. The van der Waals surface area contributed by atoms with E-state index < -0.39 is 0 Å². The summed E-state index contributed by atoms with van der Waals surface area (Å²) in [6.07, 6.45) is 6.53. The molecule has 1 saturated carbocycles. The Balaban J connectivity index is 1.78. The summed E-state index contributed by atoms with van der Waals surface area (Å²) in [5.41, 5.74) is 1.87. The highest BCUT2D eigenvalue weighted by Gasteiger charge is 2.21. The van der Waals surface area contributed by atoms with Gasteiger partial charge in [-0.3, -0.25) is 4.79 Å². The second-order valence-corrected chi connectivity index (χ2v) is 7.87. The van der Waals surface area contributed by atoms with Gasteiger partial charge >= 0.3 is 0 Å². The van der Waals surface area contributed by atoms with Crippen molar-refractivity contribution < 1.29 is 4.79 Å². The van der Waals surface area contributed by atoms with E-state index in [0.717, 1.165) is 21.4 Å². The van der Waals surface area contributed by atoms with Crippen LogP contribution in [0.4, 0.5) is 10.3 Å². The Kier molecular flexibility index (Phi) is 4.96. The highest BCUT2D eigenvalue weighted by molar-refractivity contribution is 7.19. The number of thiazole rings is 2. The molecular weight excluding hydrogens is 328 g/mol. The van der Waals surface area contributed by atoms with E-state index in [1.807, 2.05) is 6.92 Å². The molecule has 1 fully saturated rings. The molecule has 2 aromatic rings. The molecule has 1 aliphatic rings. The summed E-state index contributed by atoms with van der Waals surface area (Å²) in [6.45, 7) is 3.46. The molecule has 3 rings (SSSR count). The van der Waals surface area contributed by atoms with Crippen LogP contribution in [0.5, 0.6) is 0 Å². The van der Waals surface area contributed by atoms with Crippen molar-refractivity contribution in [1.29, 1.82) is 0 Å². The minimum Gasteiger partial charge on any atom is -0.348 e. The fourth-order valence-electron chi connectivity index (χ4n) is 2.99. The van der Waals surface area contributed by atoms with E-state index in [4.69, 9.17) is 4.98 Å². The first-order valence-electron chi connectivity index (χ1n) is 7.98. The summed E-state index contributed by atoms with van der Waals surface area (Å²) in [6, 6.07) is 0.611. The van der Waals surface area contributed by atoms with Gasteiger partial charge in [-0.05, 0) is 19.8 Å². The summed E-state index contributed by atoms with van der Waals surface area (Å²) in [4.78, 5) is 23.8. The molecule has 0 atom stereocenters. The Hall–Kier alpha value is -1.47. The monoisotopic (exact) mass is 350 g/mol. The number of carbonyl (C=O) groups is 1. The number of nitrogens with zero attached hydrogens (tertiary/aromatic N) is 3. The Morgan fingerprint density at radius 3 is 2.74 bits per heavy atom. The Labute approximate surface area is 144 Å². The second kappa shape index (κ2) is 6.97. The number of carbonyl (C=O) groups excluding carboxylic acids is 1. The van der Waals surface area contributed by atoms with Crippen LogP contribution in [0.25, 0.3) is 10.6 Å². The molecule has 0 aromatic carbocycles. The van der Waals surface area contributed by atoms with Crippen molar-refractivity contribution in [1.82, 2.24) is 9.97 Å². The molecule has 0 saturated heterocycles. The number of aryl methyl sites for hydroxylation is 1. The van der Waals surface area contributed by atoms with Gasteiger partial charge in [-0.1, -0.05) is 30.6 Å². The normalized spacial score (nSPS) is 15.6. The highest BCUT2D eigenvalue weighted by Crippen LogP contribution is 2.36. The van der Waals surface area contributed by atoms with Gasteiger partial charge in [-0.2, -0.15) is 0 Å². The van der Waals surface area contributed by atoms with Gasteiger partial charge in [0.25, 0.3) is 0 Å². The molecule has 7 heteroatoms. The van der Waals surface area contributed by atoms with Gasteiger partial charge in [0.15, 0.2) is 10.3 Å². The number of hydrogen-bond donors (Lipinski definition) is 1. The third-order valence-electron chi connectivity index (χ3n) is 4.23. The molecule has 124 valence electrons. The number of nitrogens with one attached hydrogen (secondary N) is 1. The van der Waals surface area contributed by atoms with Crippen LogP contribution in [-0.2, 0) is 4.79 Å². The van der Waals surface area contributed by atoms with Gasteiger partial charge in [0.05, 0.1) is 16.3 Å². The first-order chi connectivity index (χ1) is 11.0. The van der Waals surface area contributed by atoms with Crippen LogP contribution in [0.3, 0.4) is 0 Å². The zero-order valence-corrected chi connectivity index (χ0v) is 15.4. The molecular formula is C16H22N4OS2. The SMILES string of the molecule is CC(=O)Nc1nc(C)c(-c2csc(N(C)C3CCCCC3)n2)s1. The number of anilines is 2. The molecule has 2 heterocycles. The van der Waals surface area contributed by atoms with Crippen LogP contribution in [0.1, 0.15) is 44.7 Å². The number of amides is 1. The van der Waals surface area contributed by atoms with E-state index in [1.54, 1.807) is 11.3 Å². The van der Waals surface area contributed by atoms with Crippen molar-refractivity contribution in [2.45, 2.75) is 52.0 Å². The first kappa shape index (κ1) is 16.4. The minimum atomic E-state index is -0.0960. The lowest BCUT2D eigenvalue weighted by Crippen LogP contribution is -2.33. The smallest absolute Gasteiger partial charge is 0.223 e. The predicted octanol–water partition coefficient (Wildman–Crippen LogP) is 4.30. The molecule has 1 N–H and O–H groups in total. The lowest BCUT2D eigenvalue weighted by molar-refractivity contribution is -0.114. The van der Waals surface area contributed by atoms with E-state index >= 15 is 0 Å². The maximum atomic E-state index is 11.2. The standard InChI is InChI=1S/C16H22N4OS2/c1-10-14(23-15(17-10)18-11(2)21)13-9-22-16(19-13)20(3)12-7-5-4-6-8-12/h9,12H,4-8H2,1-3H3,(H,17,18,21). The molecule has 1 amide bonds. The van der Waals surface area contributed by atoms with E-state index in [9.17, 15) is 4.79 Å². The zero-order chi connectivity index (χ0) is 16.4. The van der Waals surface area contributed by atoms with Crippen molar-refractivity contribution in [2.75, 3.05) is 17.3 Å². The molecule has 0 bridgehead atoms. The lowest BCUT2D eigenvalue weighted by Gasteiger charge is -2.30. The average Bonchev–Trinajstić information content (AvgIpc) is 3.13. The lowest BCUT2D eigenvalue weighted by atomic mass is 9.95. The van der Waals surface area contributed by atoms with Crippen molar-refractivity contribution >= 4 is 38.8 Å². The number of hydrogen-bond acceptors (Lipinski definition) is 6. The van der Waals surface area contributed by atoms with Gasteiger partial charge in [-0.25, -0.2) is 9.97 Å². The van der Waals surface area contributed by atoms with Crippen molar-refractivity contribution in [3.63, 3.8) is 0 Å². The van der Waals surface area contributed by atoms with E-state index in [1.165, 1.54) is 50.4 Å². The van der Waals surface area contributed by atoms with Crippen LogP contribution in [0.15, 0.2) is 5.38 Å². The highest BCUT2D eigenvalue weighted by atomic mass is 32.1. The maximum absolute atomic E-state index is 11.2. The van der Waals surface area contributed by atoms with Crippen LogP contribution < -0.4 is 10.2 Å². The Morgan fingerprint density at radius 1 is 1.30 bits per heavy atom.